The molecular formula is C11H11ClN4O3S. The number of ether oxygens (including phenoxy) is 1. The van der Waals surface area contributed by atoms with Crippen LogP contribution in [0.1, 0.15) is 5.56 Å². The third-order valence-corrected chi connectivity index (χ3v) is 3.62. The monoisotopic (exact) mass is 314 g/mol. The first kappa shape index (κ1) is 14.6. The molecule has 0 spiro atoms. The fourth-order valence-corrected chi connectivity index (χ4v) is 2.58. The maximum Gasteiger partial charge on any atom is 0.325 e. The fourth-order valence-electron chi connectivity index (χ4n) is 1.53. The number of aliphatic carboxylic acids is 1. The van der Waals surface area contributed by atoms with Gasteiger partial charge in [0.05, 0.1) is 7.11 Å². The van der Waals surface area contributed by atoms with Gasteiger partial charge in [-0.3, -0.25) is 4.79 Å². The van der Waals surface area contributed by atoms with Crippen LogP contribution in [0, 0.1) is 0 Å². The molecule has 0 saturated heterocycles. The molecule has 7 nitrogen and oxygen atoms in total. The number of rotatable bonds is 6. The van der Waals surface area contributed by atoms with Crippen LogP contribution in [0.2, 0.25) is 5.02 Å². The maximum absolute atomic E-state index is 10.7. The van der Waals surface area contributed by atoms with Gasteiger partial charge in [0, 0.05) is 16.3 Å². The van der Waals surface area contributed by atoms with Crippen molar-refractivity contribution in [3.8, 4) is 5.75 Å². The van der Waals surface area contributed by atoms with E-state index in [4.69, 9.17) is 21.4 Å². The van der Waals surface area contributed by atoms with Crippen LogP contribution in [0.4, 0.5) is 0 Å². The van der Waals surface area contributed by atoms with E-state index >= 15 is 0 Å². The Morgan fingerprint density at radius 1 is 1.55 bits per heavy atom. The van der Waals surface area contributed by atoms with Crippen LogP contribution in [0.3, 0.4) is 0 Å². The Hall–Kier alpha value is -1.80. The van der Waals surface area contributed by atoms with E-state index in [9.17, 15) is 4.79 Å². The van der Waals surface area contributed by atoms with Crippen LogP contribution in [-0.2, 0) is 17.1 Å². The van der Waals surface area contributed by atoms with E-state index in [0.717, 1.165) is 5.56 Å². The third-order valence-electron chi connectivity index (χ3n) is 2.38. The Morgan fingerprint density at radius 3 is 3.05 bits per heavy atom. The molecule has 1 heterocycles. The van der Waals surface area contributed by atoms with Crippen LogP contribution in [0.5, 0.6) is 5.75 Å². The Labute approximate surface area is 123 Å². The molecule has 20 heavy (non-hydrogen) atoms. The molecule has 106 valence electrons. The van der Waals surface area contributed by atoms with Crippen molar-refractivity contribution < 1.29 is 14.6 Å². The molecule has 1 N–H and O–H groups in total. The highest BCUT2D eigenvalue weighted by Gasteiger charge is 2.12. The molecule has 9 heteroatoms. The van der Waals surface area contributed by atoms with Gasteiger partial charge in [-0.05, 0) is 28.6 Å². The first-order chi connectivity index (χ1) is 9.60. The second-order valence-corrected chi connectivity index (χ2v) is 5.14. The number of benzene rings is 1. The van der Waals surface area contributed by atoms with Gasteiger partial charge in [0.2, 0.25) is 5.16 Å². The zero-order chi connectivity index (χ0) is 14.5. The van der Waals surface area contributed by atoms with Gasteiger partial charge in [-0.25, -0.2) is 4.68 Å². The van der Waals surface area contributed by atoms with E-state index in [1.807, 2.05) is 0 Å². The number of carbonyl (C=O) groups is 1. The van der Waals surface area contributed by atoms with Crippen LogP contribution >= 0.6 is 23.4 Å². The van der Waals surface area contributed by atoms with E-state index in [1.54, 1.807) is 25.3 Å². The van der Waals surface area contributed by atoms with Crippen LogP contribution in [0.15, 0.2) is 23.4 Å². The SMILES string of the molecule is COc1ccc(Cl)cc1CSc1nnnn1CC(=O)O. The van der Waals surface area contributed by atoms with Crippen molar-refractivity contribution >= 4 is 29.3 Å². The van der Waals surface area contributed by atoms with Crippen molar-refractivity contribution in [2.45, 2.75) is 17.5 Å². The summed E-state index contributed by atoms with van der Waals surface area (Å²) in [5.41, 5.74) is 0.884. The lowest BCUT2D eigenvalue weighted by molar-refractivity contribution is -0.138. The topological polar surface area (TPSA) is 90.1 Å². The van der Waals surface area contributed by atoms with Gasteiger partial charge >= 0.3 is 5.97 Å². The summed E-state index contributed by atoms with van der Waals surface area (Å²) >= 11 is 7.26. The summed E-state index contributed by atoms with van der Waals surface area (Å²) in [5.74, 6) is 0.225. The number of hydrogen-bond donors (Lipinski definition) is 1. The van der Waals surface area contributed by atoms with E-state index < -0.39 is 5.97 Å². The molecule has 2 rings (SSSR count). The number of thioether (sulfide) groups is 1. The average Bonchev–Trinajstić information content (AvgIpc) is 2.83. The summed E-state index contributed by atoms with van der Waals surface area (Å²) in [5, 5.41) is 20.7. The third kappa shape index (κ3) is 3.61. The molecule has 1 aromatic carbocycles. The number of aromatic nitrogens is 4. The molecule has 1 aromatic heterocycles. The molecule has 0 bridgehead atoms. The maximum atomic E-state index is 10.7. The minimum absolute atomic E-state index is 0.276. The summed E-state index contributed by atoms with van der Waals surface area (Å²) in [6, 6.07) is 5.31. The smallest absolute Gasteiger partial charge is 0.325 e. The zero-order valence-electron chi connectivity index (χ0n) is 10.5. The largest absolute Gasteiger partial charge is 0.496 e. The highest BCUT2D eigenvalue weighted by Crippen LogP contribution is 2.28. The lowest BCUT2D eigenvalue weighted by atomic mass is 10.2. The highest BCUT2D eigenvalue weighted by atomic mass is 35.5. The Morgan fingerprint density at radius 2 is 2.35 bits per heavy atom. The lowest BCUT2D eigenvalue weighted by Crippen LogP contribution is -2.11. The van der Waals surface area contributed by atoms with Crippen molar-refractivity contribution in [1.29, 1.82) is 0 Å². The zero-order valence-corrected chi connectivity index (χ0v) is 12.1. The van der Waals surface area contributed by atoms with Gasteiger partial charge in [0.25, 0.3) is 0 Å². The van der Waals surface area contributed by atoms with E-state index in [1.165, 1.54) is 16.4 Å². The van der Waals surface area contributed by atoms with E-state index in [0.29, 0.717) is 21.7 Å². The second kappa shape index (κ2) is 6.58. The molecule has 0 radical (unpaired) electrons. The standard InChI is InChI=1S/C11H11ClN4O3S/c1-19-9-3-2-8(12)4-7(9)6-20-11-13-14-15-16(11)5-10(17)18/h2-4H,5-6H2,1H3,(H,17,18). The number of halogens is 1. The van der Waals surface area contributed by atoms with Gasteiger partial charge in [0.1, 0.15) is 12.3 Å². The second-order valence-electron chi connectivity index (χ2n) is 3.76. The molecule has 0 aliphatic heterocycles. The molecule has 0 atom stereocenters. The molecule has 0 unspecified atom stereocenters. The molecular weight excluding hydrogens is 304 g/mol. The van der Waals surface area contributed by atoms with Gasteiger partial charge in [-0.15, -0.1) is 5.10 Å². The first-order valence-electron chi connectivity index (χ1n) is 5.53. The Kier molecular flexibility index (Phi) is 4.80. The van der Waals surface area contributed by atoms with Gasteiger partial charge in [-0.1, -0.05) is 23.4 Å². The van der Waals surface area contributed by atoms with E-state index in [2.05, 4.69) is 15.5 Å². The van der Waals surface area contributed by atoms with E-state index in [-0.39, 0.29) is 6.54 Å². The number of nitrogens with zero attached hydrogens (tertiary/aromatic N) is 4. The lowest BCUT2D eigenvalue weighted by Gasteiger charge is -2.08. The first-order valence-corrected chi connectivity index (χ1v) is 6.89. The van der Waals surface area contributed by atoms with Gasteiger partial charge in [0.15, 0.2) is 0 Å². The summed E-state index contributed by atoms with van der Waals surface area (Å²) in [6.45, 7) is -0.276. The molecule has 0 saturated carbocycles. The minimum Gasteiger partial charge on any atom is -0.496 e. The average molecular weight is 315 g/mol. The normalized spacial score (nSPS) is 10.5. The Bertz CT molecular complexity index is 619. The Balaban J connectivity index is 2.11. The minimum atomic E-state index is -1.00. The predicted octanol–water partition coefficient (Wildman–Crippen LogP) is 1.71. The predicted molar refractivity (Wildman–Crippen MR) is 73.0 cm³/mol. The number of hydrogen-bond acceptors (Lipinski definition) is 6. The van der Waals surface area contributed by atoms with Crippen LogP contribution in [0.25, 0.3) is 0 Å². The summed E-state index contributed by atoms with van der Waals surface area (Å²) < 4.78 is 6.47. The number of methoxy groups -OCH3 is 1. The van der Waals surface area contributed by atoms with Crippen molar-refractivity contribution in [2.24, 2.45) is 0 Å². The summed E-state index contributed by atoms with van der Waals surface area (Å²) in [7, 11) is 1.58. The number of tetrazole rings is 1. The van der Waals surface area contributed by atoms with Crippen LogP contribution < -0.4 is 4.74 Å². The molecule has 0 amide bonds. The number of carboxylic acid groups (broad SMARTS) is 1. The van der Waals surface area contributed by atoms with Gasteiger partial charge in [-0.2, -0.15) is 0 Å². The molecule has 0 aliphatic rings. The highest BCUT2D eigenvalue weighted by molar-refractivity contribution is 7.98. The fraction of sp³-hybridized carbons (Fsp3) is 0.273. The van der Waals surface area contributed by atoms with Crippen molar-refractivity contribution in [3.63, 3.8) is 0 Å². The van der Waals surface area contributed by atoms with Crippen molar-refractivity contribution in [1.82, 2.24) is 20.2 Å². The number of carboxylic acids is 1. The van der Waals surface area contributed by atoms with Gasteiger partial charge < -0.3 is 9.84 Å². The van der Waals surface area contributed by atoms with Crippen LogP contribution in [-0.4, -0.2) is 38.4 Å². The quantitative estimate of drug-likeness (QED) is 0.812. The molecule has 2 aromatic rings. The molecule has 0 fully saturated rings. The molecule has 0 aliphatic carbocycles. The summed E-state index contributed by atoms with van der Waals surface area (Å²) in [4.78, 5) is 10.7. The van der Waals surface area contributed by atoms with Crippen molar-refractivity contribution in [3.05, 3.63) is 28.8 Å². The van der Waals surface area contributed by atoms with Crippen molar-refractivity contribution in [2.75, 3.05) is 7.11 Å². The summed E-state index contributed by atoms with van der Waals surface area (Å²) in [6.07, 6.45) is 0.